The van der Waals surface area contributed by atoms with Crippen LogP contribution in [0.2, 0.25) is 0 Å². The molecule has 6 nitrogen and oxygen atoms in total. The molecule has 170 valence electrons. The molecule has 1 aliphatic rings. The SMILES string of the molecule is CCN(CC)CCCN1C(=O)C(=O)C(=C(O)c2cc(Br)ccc2O)C1c1cccc(F)c1. The van der Waals surface area contributed by atoms with Crippen LogP contribution in [0.1, 0.15) is 37.4 Å². The lowest BCUT2D eigenvalue weighted by Gasteiger charge is -2.27. The van der Waals surface area contributed by atoms with Crippen molar-refractivity contribution < 1.29 is 24.2 Å². The zero-order chi connectivity index (χ0) is 23.4. The molecule has 8 heteroatoms. The van der Waals surface area contributed by atoms with Gasteiger partial charge in [-0.2, -0.15) is 0 Å². The van der Waals surface area contributed by atoms with Gasteiger partial charge in [0.15, 0.2) is 0 Å². The van der Waals surface area contributed by atoms with Gasteiger partial charge in [-0.05, 0) is 62.0 Å². The number of nitrogens with zero attached hydrogens (tertiary/aromatic N) is 2. The number of likely N-dealkylation sites (tertiary alicyclic amines) is 1. The van der Waals surface area contributed by atoms with Crippen molar-refractivity contribution in [2.75, 3.05) is 26.2 Å². The summed E-state index contributed by atoms with van der Waals surface area (Å²) in [5.41, 5.74) is 0.224. The van der Waals surface area contributed by atoms with Crippen molar-refractivity contribution in [3.05, 3.63) is 69.5 Å². The van der Waals surface area contributed by atoms with Crippen molar-refractivity contribution in [2.45, 2.75) is 26.3 Å². The van der Waals surface area contributed by atoms with Crippen LogP contribution in [-0.2, 0) is 9.59 Å². The summed E-state index contributed by atoms with van der Waals surface area (Å²) in [6.45, 7) is 6.83. The number of amides is 1. The number of aromatic hydroxyl groups is 1. The second-order valence-corrected chi connectivity index (χ2v) is 8.51. The van der Waals surface area contributed by atoms with Crippen molar-refractivity contribution in [3.8, 4) is 5.75 Å². The van der Waals surface area contributed by atoms with E-state index in [2.05, 4.69) is 20.8 Å². The Labute approximate surface area is 195 Å². The van der Waals surface area contributed by atoms with Crippen LogP contribution in [0.25, 0.3) is 5.76 Å². The van der Waals surface area contributed by atoms with Crippen LogP contribution in [0.5, 0.6) is 5.75 Å². The fraction of sp³-hybridized carbons (Fsp3) is 0.333. The van der Waals surface area contributed by atoms with E-state index in [4.69, 9.17) is 0 Å². The van der Waals surface area contributed by atoms with Crippen molar-refractivity contribution in [2.24, 2.45) is 0 Å². The standard InChI is InChI=1S/C24H26BrFN2O4/c1-3-27(4-2)11-6-12-28-21(15-7-5-8-17(26)13-15)20(23(31)24(28)32)22(30)18-14-16(25)9-10-19(18)29/h5,7-10,13-14,21,29-30H,3-4,6,11-12H2,1-2H3. The molecule has 0 spiro atoms. The average Bonchev–Trinajstić information content (AvgIpc) is 3.03. The van der Waals surface area contributed by atoms with E-state index in [-0.39, 0.29) is 23.4 Å². The summed E-state index contributed by atoms with van der Waals surface area (Å²) in [4.78, 5) is 29.5. The molecule has 32 heavy (non-hydrogen) atoms. The van der Waals surface area contributed by atoms with Gasteiger partial charge in [0.1, 0.15) is 17.3 Å². The summed E-state index contributed by atoms with van der Waals surface area (Å²) in [5, 5.41) is 21.3. The molecule has 1 atom stereocenters. The first-order valence-corrected chi connectivity index (χ1v) is 11.3. The average molecular weight is 505 g/mol. The Morgan fingerprint density at radius 3 is 2.53 bits per heavy atom. The normalized spacial score (nSPS) is 18.0. The highest BCUT2D eigenvalue weighted by Crippen LogP contribution is 2.41. The molecule has 0 radical (unpaired) electrons. The summed E-state index contributed by atoms with van der Waals surface area (Å²) < 4.78 is 14.6. The first-order chi connectivity index (χ1) is 15.3. The Kier molecular flexibility index (Phi) is 7.69. The topological polar surface area (TPSA) is 81.1 Å². The number of carbonyl (C=O) groups is 2. The summed E-state index contributed by atoms with van der Waals surface area (Å²) in [5.74, 6) is -2.87. The van der Waals surface area contributed by atoms with E-state index in [0.717, 1.165) is 19.6 Å². The highest BCUT2D eigenvalue weighted by atomic mass is 79.9. The lowest BCUT2D eigenvalue weighted by Crippen LogP contribution is -2.33. The fourth-order valence-electron chi connectivity index (χ4n) is 3.98. The minimum atomic E-state index is -0.958. The van der Waals surface area contributed by atoms with Gasteiger partial charge in [0.2, 0.25) is 0 Å². The second-order valence-electron chi connectivity index (χ2n) is 7.59. The van der Waals surface area contributed by atoms with Gasteiger partial charge in [-0.25, -0.2) is 4.39 Å². The molecule has 0 bridgehead atoms. The number of hydrogen-bond donors (Lipinski definition) is 2. The zero-order valence-corrected chi connectivity index (χ0v) is 19.6. The zero-order valence-electron chi connectivity index (χ0n) is 18.0. The maximum atomic E-state index is 14.0. The predicted octanol–water partition coefficient (Wildman–Crippen LogP) is 4.45. The first kappa shape index (κ1) is 23.9. The number of halogens is 2. The Balaban J connectivity index is 2.08. The Bertz CT molecular complexity index is 1050. The highest BCUT2D eigenvalue weighted by Gasteiger charge is 2.46. The maximum absolute atomic E-state index is 14.0. The van der Waals surface area contributed by atoms with Gasteiger partial charge in [0.25, 0.3) is 11.7 Å². The third kappa shape index (κ3) is 4.86. The van der Waals surface area contributed by atoms with Crippen LogP contribution >= 0.6 is 15.9 Å². The quantitative estimate of drug-likeness (QED) is 0.315. The number of ketones is 1. The van der Waals surface area contributed by atoms with Crippen LogP contribution in [0.3, 0.4) is 0 Å². The molecule has 3 rings (SSSR count). The van der Waals surface area contributed by atoms with Gasteiger partial charge < -0.3 is 20.0 Å². The lowest BCUT2D eigenvalue weighted by molar-refractivity contribution is -0.140. The monoisotopic (exact) mass is 504 g/mol. The van der Waals surface area contributed by atoms with Crippen LogP contribution in [0, 0.1) is 5.82 Å². The summed E-state index contributed by atoms with van der Waals surface area (Å²) in [7, 11) is 0. The molecule has 1 unspecified atom stereocenters. The van der Waals surface area contributed by atoms with E-state index in [1.807, 2.05) is 13.8 Å². The minimum absolute atomic E-state index is 0.0157. The number of rotatable bonds is 8. The lowest BCUT2D eigenvalue weighted by atomic mass is 9.95. The number of Topliss-reactive ketones (excluding diaryl/α,β-unsaturated/α-hetero) is 1. The van der Waals surface area contributed by atoms with E-state index in [1.165, 1.54) is 35.2 Å². The molecule has 2 aromatic rings. The molecular weight excluding hydrogens is 479 g/mol. The van der Waals surface area contributed by atoms with E-state index in [0.29, 0.717) is 16.5 Å². The smallest absolute Gasteiger partial charge is 0.295 e. The largest absolute Gasteiger partial charge is 0.507 e. The number of benzene rings is 2. The molecule has 1 amide bonds. The number of aliphatic hydroxyl groups excluding tert-OH is 1. The molecule has 1 fully saturated rings. The van der Waals surface area contributed by atoms with Crippen LogP contribution in [0.15, 0.2) is 52.5 Å². The van der Waals surface area contributed by atoms with E-state index >= 15 is 0 Å². The van der Waals surface area contributed by atoms with Crippen molar-refractivity contribution >= 4 is 33.4 Å². The van der Waals surface area contributed by atoms with Crippen LogP contribution in [-0.4, -0.2) is 57.9 Å². The Hall–Kier alpha value is -2.71. The molecule has 0 saturated carbocycles. The summed E-state index contributed by atoms with van der Waals surface area (Å²) in [6.07, 6.45) is 0.614. The van der Waals surface area contributed by atoms with Crippen molar-refractivity contribution in [1.82, 2.24) is 9.80 Å². The van der Waals surface area contributed by atoms with E-state index in [9.17, 15) is 24.2 Å². The highest BCUT2D eigenvalue weighted by molar-refractivity contribution is 9.10. The Morgan fingerprint density at radius 2 is 1.88 bits per heavy atom. The van der Waals surface area contributed by atoms with Gasteiger partial charge in [-0.1, -0.05) is 41.9 Å². The number of phenolic OH excluding ortho intramolecular Hbond substituents is 1. The van der Waals surface area contributed by atoms with E-state index in [1.54, 1.807) is 12.1 Å². The van der Waals surface area contributed by atoms with Gasteiger partial charge in [-0.3, -0.25) is 9.59 Å². The third-order valence-corrected chi connectivity index (χ3v) is 6.18. The first-order valence-electron chi connectivity index (χ1n) is 10.5. The Morgan fingerprint density at radius 1 is 1.16 bits per heavy atom. The van der Waals surface area contributed by atoms with Crippen molar-refractivity contribution in [3.63, 3.8) is 0 Å². The maximum Gasteiger partial charge on any atom is 0.295 e. The van der Waals surface area contributed by atoms with Crippen LogP contribution < -0.4 is 0 Å². The van der Waals surface area contributed by atoms with Gasteiger partial charge in [0.05, 0.1) is 17.2 Å². The van der Waals surface area contributed by atoms with Gasteiger partial charge >= 0.3 is 0 Å². The minimum Gasteiger partial charge on any atom is -0.507 e. The predicted molar refractivity (Wildman–Crippen MR) is 124 cm³/mol. The number of phenols is 1. The molecule has 1 heterocycles. The van der Waals surface area contributed by atoms with E-state index < -0.39 is 29.3 Å². The molecule has 1 aliphatic heterocycles. The molecule has 1 saturated heterocycles. The molecule has 0 aromatic heterocycles. The molecule has 2 N–H and O–H groups in total. The summed E-state index contributed by atoms with van der Waals surface area (Å²) >= 11 is 3.28. The number of hydrogen-bond acceptors (Lipinski definition) is 5. The van der Waals surface area contributed by atoms with Crippen molar-refractivity contribution in [1.29, 1.82) is 0 Å². The number of carbonyl (C=O) groups excluding carboxylic acids is 2. The van der Waals surface area contributed by atoms with Crippen LogP contribution in [0.4, 0.5) is 4.39 Å². The third-order valence-electron chi connectivity index (χ3n) is 5.69. The number of aliphatic hydroxyl groups is 1. The second kappa shape index (κ2) is 10.3. The molecule has 0 aliphatic carbocycles. The van der Waals surface area contributed by atoms with Gasteiger partial charge in [-0.15, -0.1) is 0 Å². The molecule has 2 aromatic carbocycles. The molecular formula is C24H26BrFN2O4. The fourth-order valence-corrected chi connectivity index (χ4v) is 4.34. The van der Waals surface area contributed by atoms with Gasteiger partial charge in [0, 0.05) is 11.0 Å². The summed E-state index contributed by atoms with van der Waals surface area (Å²) in [6, 6.07) is 9.10.